The maximum absolute atomic E-state index is 12.5. The summed E-state index contributed by atoms with van der Waals surface area (Å²) in [6.07, 6.45) is -1.56. The molecule has 2 aromatic rings. The number of aromatic nitrogens is 2. The molecule has 1 saturated heterocycles. The molecule has 0 aliphatic carbocycles. The van der Waals surface area contributed by atoms with Crippen molar-refractivity contribution in [3.05, 3.63) is 28.7 Å². The Hall–Kier alpha value is -1.23. The second kappa shape index (κ2) is 5.76. The zero-order valence-corrected chi connectivity index (χ0v) is 13.1. The molecule has 0 amide bonds. The number of thiophene rings is 1. The summed E-state index contributed by atoms with van der Waals surface area (Å²) in [5, 5.41) is 5.12. The molecule has 0 radical (unpaired) electrons. The average molecular weight is 350 g/mol. The van der Waals surface area contributed by atoms with Crippen molar-refractivity contribution in [1.82, 2.24) is 18.8 Å². The van der Waals surface area contributed by atoms with Gasteiger partial charge in [0.05, 0.1) is 12.2 Å². The molecule has 1 aliphatic rings. The number of nitrogens with one attached hydrogen (secondary N) is 1. The lowest BCUT2D eigenvalue weighted by molar-refractivity contribution is -0.212. The quantitative estimate of drug-likeness (QED) is 0.905. The Labute approximate surface area is 131 Å². The van der Waals surface area contributed by atoms with Crippen LogP contribution in [0.1, 0.15) is 17.3 Å². The molecule has 1 N–H and O–H groups in total. The smallest absolute Gasteiger partial charge is 0.225 e. The van der Waals surface area contributed by atoms with Gasteiger partial charge in [-0.15, -0.1) is 24.5 Å². The molecule has 22 heavy (non-hydrogen) atoms. The fraction of sp³-hybridized carbons (Fsp3) is 0.417. The highest BCUT2D eigenvalue weighted by Gasteiger charge is 2.32. The van der Waals surface area contributed by atoms with Gasteiger partial charge in [-0.3, -0.25) is 0 Å². The second-order valence-electron chi connectivity index (χ2n) is 4.94. The Kier molecular flexibility index (Phi) is 4.10. The van der Waals surface area contributed by atoms with E-state index in [9.17, 15) is 17.4 Å². The van der Waals surface area contributed by atoms with Crippen molar-refractivity contribution >= 4 is 22.5 Å². The molecule has 2 atom stereocenters. The Morgan fingerprint density at radius 2 is 2.23 bits per heavy atom. The van der Waals surface area contributed by atoms with Crippen LogP contribution in [0.25, 0.3) is 11.1 Å². The van der Waals surface area contributed by atoms with E-state index < -0.39 is 17.5 Å². The van der Waals surface area contributed by atoms with E-state index in [0.29, 0.717) is 17.7 Å². The van der Waals surface area contributed by atoms with E-state index in [-0.39, 0.29) is 10.7 Å². The molecule has 3 heterocycles. The third-order valence-electron chi connectivity index (χ3n) is 3.40. The first-order valence-corrected chi connectivity index (χ1v) is 8.43. The third-order valence-corrected chi connectivity index (χ3v) is 5.68. The Bertz CT molecular complexity index is 697. The first-order valence-electron chi connectivity index (χ1n) is 6.44. The zero-order chi connectivity index (χ0) is 15.9. The lowest BCUT2D eigenvalue weighted by Crippen LogP contribution is -2.41. The van der Waals surface area contributed by atoms with Gasteiger partial charge in [0.1, 0.15) is 0 Å². The summed E-state index contributed by atoms with van der Waals surface area (Å²) in [6, 6.07) is 1.77. The van der Waals surface area contributed by atoms with E-state index in [1.165, 1.54) is 17.5 Å². The predicted molar refractivity (Wildman–Crippen MR) is 78.1 cm³/mol. The minimum Gasteiger partial charge on any atom is -0.225 e. The largest absolute Gasteiger partial charge is 0.504 e. The van der Waals surface area contributed by atoms with Gasteiger partial charge in [0, 0.05) is 30.2 Å². The number of alkyl halides is 3. The maximum atomic E-state index is 12.5. The van der Waals surface area contributed by atoms with Crippen molar-refractivity contribution < 1.29 is 17.4 Å². The molecule has 0 spiro atoms. The van der Waals surface area contributed by atoms with Gasteiger partial charge in [-0.05, 0) is 23.4 Å². The lowest BCUT2D eigenvalue weighted by Gasteiger charge is -2.28. The Morgan fingerprint density at radius 1 is 1.45 bits per heavy atom. The molecule has 0 aromatic carbocycles. The van der Waals surface area contributed by atoms with Gasteiger partial charge >= 0.3 is 6.30 Å². The van der Waals surface area contributed by atoms with Crippen molar-refractivity contribution in [3.63, 3.8) is 0 Å². The number of rotatable bonds is 2. The predicted octanol–water partition coefficient (Wildman–Crippen LogP) is 2.63. The van der Waals surface area contributed by atoms with Crippen molar-refractivity contribution in [2.24, 2.45) is 0 Å². The first kappa shape index (κ1) is 15.7. The standard InChI is InChI=1S/C12H13F3N4OS2/c1-18-3-2-10(17-22(18)20)11-4-8(7-21-11)9-5-16-19(6-9)12(13,14)15/h4-7,10,17H,2-3H2,1H3/t10-,22?/m0/s1. The lowest BCUT2D eigenvalue weighted by atomic mass is 10.1. The van der Waals surface area contributed by atoms with Crippen molar-refractivity contribution in [2.45, 2.75) is 18.8 Å². The van der Waals surface area contributed by atoms with E-state index in [4.69, 9.17) is 0 Å². The molecule has 1 aliphatic heterocycles. The molecule has 10 heteroatoms. The van der Waals surface area contributed by atoms with Crippen LogP contribution in [0.3, 0.4) is 0 Å². The van der Waals surface area contributed by atoms with Gasteiger partial charge < -0.3 is 0 Å². The summed E-state index contributed by atoms with van der Waals surface area (Å²) in [4.78, 5) is 0.955. The highest BCUT2D eigenvalue weighted by atomic mass is 32.2. The van der Waals surface area contributed by atoms with Crippen molar-refractivity contribution in [1.29, 1.82) is 0 Å². The summed E-state index contributed by atoms with van der Waals surface area (Å²) >= 11 is 0.204. The highest BCUT2D eigenvalue weighted by molar-refractivity contribution is 7.80. The molecule has 2 aromatic heterocycles. The number of nitrogens with zero attached hydrogens (tertiary/aromatic N) is 3. The summed E-state index contributed by atoms with van der Waals surface area (Å²) < 4.78 is 54.1. The summed E-state index contributed by atoms with van der Waals surface area (Å²) in [5.41, 5.74) is 1.09. The summed E-state index contributed by atoms with van der Waals surface area (Å²) in [5.74, 6) is 0. The summed E-state index contributed by atoms with van der Waals surface area (Å²) in [7, 11) is 1.77. The van der Waals surface area contributed by atoms with Crippen LogP contribution in [0.4, 0.5) is 13.2 Å². The molecule has 3 rings (SSSR count). The fourth-order valence-corrected chi connectivity index (χ4v) is 4.18. The van der Waals surface area contributed by atoms with E-state index in [1.54, 1.807) is 16.7 Å². The monoisotopic (exact) mass is 350 g/mol. The average Bonchev–Trinajstić information content (AvgIpc) is 3.08. The first-order chi connectivity index (χ1) is 10.3. The van der Waals surface area contributed by atoms with Crippen LogP contribution in [0, 0.1) is 0 Å². The minimum absolute atomic E-state index is 0.0114. The van der Waals surface area contributed by atoms with E-state index >= 15 is 0 Å². The SMILES string of the molecule is CN1CC[C@@H](c2cc(-c3cnn(C(F)(F)F)c3)cs2)NS1=O. The molecule has 120 valence electrons. The normalized spacial score (nSPS) is 23.8. The van der Waals surface area contributed by atoms with Crippen LogP contribution < -0.4 is 4.72 Å². The van der Waals surface area contributed by atoms with E-state index in [0.717, 1.165) is 17.5 Å². The van der Waals surface area contributed by atoms with Gasteiger partial charge in [-0.25, -0.2) is 13.2 Å². The Morgan fingerprint density at radius 3 is 2.86 bits per heavy atom. The number of halogens is 3. The molecule has 5 nitrogen and oxygen atoms in total. The van der Waals surface area contributed by atoms with E-state index in [1.807, 2.05) is 6.07 Å². The number of hydrogen-bond donors (Lipinski definition) is 1. The van der Waals surface area contributed by atoms with Gasteiger partial charge in [0.2, 0.25) is 0 Å². The molecular formula is C12H13F3N4OS2. The maximum Gasteiger partial charge on any atom is 0.504 e. The van der Waals surface area contributed by atoms with Crippen molar-refractivity contribution in [3.8, 4) is 11.1 Å². The topological polar surface area (TPSA) is 50.2 Å². The molecule has 0 saturated carbocycles. The van der Waals surface area contributed by atoms with Crippen LogP contribution in [-0.2, 0) is 17.5 Å². The van der Waals surface area contributed by atoms with Crippen LogP contribution in [0.2, 0.25) is 0 Å². The molecule has 1 unspecified atom stereocenters. The van der Waals surface area contributed by atoms with Crippen LogP contribution >= 0.6 is 11.3 Å². The number of hydrogen-bond acceptors (Lipinski definition) is 3. The minimum atomic E-state index is -4.51. The van der Waals surface area contributed by atoms with Crippen LogP contribution in [0.5, 0.6) is 0 Å². The van der Waals surface area contributed by atoms with E-state index in [2.05, 4.69) is 9.82 Å². The van der Waals surface area contributed by atoms with Crippen molar-refractivity contribution in [2.75, 3.05) is 13.6 Å². The molecule has 0 bridgehead atoms. The highest BCUT2D eigenvalue weighted by Crippen LogP contribution is 2.33. The van der Waals surface area contributed by atoms with Crippen LogP contribution in [0.15, 0.2) is 23.8 Å². The van der Waals surface area contributed by atoms with Gasteiger partial charge in [0.15, 0.2) is 11.2 Å². The van der Waals surface area contributed by atoms with Gasteiger partial charge in [0.25, 0.3) is 0 Å². The fourth-order valence-electron chi connectivity index (χ4n) is 2.16. The van der Waals surface area contributed by atoms with Gasteiger partial charge in [-0.1, -0.05) is 0 Å². The molecule has 1 fully saturated rings. The zero-order valence-electron chi connectivity index (χ0n) is 11.5. The van der Waals surface area contributed by atoms with Crippen LogP contribution in [-0.4, -0.2) is 31.9 Å². The summed E-state index contributed by atoms with van der Waals surface area (Å²) in [6.45, 7) is 0.698. The van der Waals surface area contributed by atoms with Gasteiger partial charge in [-0.2, -0.15) is 9.78 Å². The molecular weight excluding hydrogens is 337 g/mol. The second-order valence-corrected chi connectivity index (χ2v) is 7.24. The third kappa shape index (κ3) is 3.09. The Balaban J connectivity index is 1.79.